The number of fused-ring (bicyclic) bond motifs is 2. The van der Waals surface area contributed by atoms with Crippen LogP contribution in [-0.4, -0.2) is 48.3 Å². The van der Waals surface area contributed by atoms with Gasteiger partial charge in [0.25, 0.3) is 0 Å². The molecule has 6 rings (SSSR count). The lowest BCUT2D eigenvalue weighted by Crippen LogP contribution is -2.50. The van der Waals surface area contributed by atoms with E-state index in [1.54, 1.807) is 0 Å². The Morgan fingerprint density at radius 2 is 1.97 bits per heavy atom. The SMILES string of the molecule is COC1C23CC[C@]4(C)[C@@H](C(=O)CN5CC(C)=CN5)CC[C@H]4[C@@H]2CC[C@H]2C[C@H](O)CC[C@@]123. The second-order valence-electron chi connectivity index (χ2n) is 12.2. The summed E-state index contributed by atoms with van der Waals surface area (Å²) in [7, 11) is 1.93. The zero-order valence-corrected chi connectivity index (χ0v) is 19.5. The van der Waals surface area contributed by atoms with Crippen molar-refractivity contribution in [3.05, 3.63) is 11.8 Å². The summed E-state index contributed by atoms with van der Waals surface area (Å²) in [4.78, 5) is 13.4. The zero-order chi connectivity index (χ0) is 21.6. The minimum absolute atomic E-state index is 0.109. The number of Topliss-reactive ketones (excluding diaryl/α,β-unsaturated/α-hetero) is 1. The average Bonchev–Trinajstić information content (AvgIpc) is 2.95. The molecule has 6 aliphatic rings. The number of hydrogen-bond donors (Lipinski definition) is 2. The van der Waals surface area contributed by atoms with E-state index in [1.165, 1.54) is 37.7 Å². The van der Waals surface area contributed by atoms with Crippen LogP contribution in [0.3, 0.4) is 0 Å². The highest BCUT2D eigenvalue weighted by atomic mass is 16.5. The van der Waals surface area contributed by atoms with Gasteiger partial charge in [-0.25, -0.2) is 5.01 Å². The van der Waals surface area contributed by atoms with Gasteiger partial charge in [-0.1, -0.05) is 6.92 Å². The Morgan fingerprint density at radius 3 is 2.71 bits per heavy atom. The van der Waals surface area contributed by atoms with Gasteiger partial charge in [-0.15, -0.1) is 0 Å². The number of nitrogens with zero attached hydrogens (tertiary/aromatic N) is 1. The topological polar surface area (TPSA) is 61.8 Å². The van der Waals surface area contributed by atoms with Crippen LogP contribution in [0.1, 0.15) is 71.6 Å². The molecule has 0 amide bonds. The van der Waals surface area contributed by atoms with Crippen LogP contribution in [0.5, 0.6) is 0 Å². The van der Waals surface area contributed by atoms with Gasteiger partial charge in [-0.05, 0) is 93.5 Å². The molecule has 0 aromatic heterocycles. The minimum atomic E-state index is -0.109. The van der Waals surface area contributed by atoms with Gasteiger partial charge < -0.3 is 15.3 Å². The number of nitrogens with one attached hydrogen (secondary N) is 1. The van der Waals surface area contributed by atoms with E-state index in [4.69, 9.17) is 4.74 Å². The van der Waals surface area contributed by atoms with E-state index in [1.807, 2.05) is 13.3 Å². The molecule has 0 aromatic rings. The first-order chi connectivity index (χ1) is 14.9. The van der Waals surface area contributed by atoms with Gasteiger partial charge in [0.15, 0.2) is 5.78 Å². The molecule has 5 fully saturated rings. The average molecular weight is 429 g/mol. The van der Waals surface area contributed by atoms with Crippen LogP contribution in [-0.2, 0) is 9.53 Å². The summed E-state index contributed by atoms with van der Waals surface area (Å²) >= 11 is 0. The van der Waals surface area contributed by atoms with Gasteiger partial charge in [0.2, 0.25) is 0 Å². The number of aliphatic hydroxyl groups is 1. The number of hydrogen-bond acceptors (Lipinski definition) is 5. The van der Waals surface area contributed by atoms with E-state index in [0.717, 1.165) is 32.2 Å². The quantitative estimate of drug-likeness (QED) is 0.715. The third-order valence-corrected chi connectivity index (χ3v) is 11.3. The number of aliphatic hydroxyl groups excluding tert-OH is 1. The normalized spacial score (nSPS) is 53.0. The van der Waals surface area contributed by atoms with Crippen molar-refractivity contribution in [3.8, 4) is 0 Å². The van der Waals surface area contributed by atoms with Crippen LogP contribution in [0.2, 0.25) is 0 Å². The maximum Gasteiger partial charge on any atom is 0.152 e. The summed E-state index contributed by atoms with van der Waals surface area (Å²) in [5.41, 5.74) is 5.35. The number of carbonyl (C=O) groups excluding carboxylic acids is 1. The predicted octanol–water partition coefficient (Wildman–Crippen LogP) is 3.68. The van der Waals surface area contributed by atoms with Gasteiger partial charge in [0, 0.05) is 36.6 Å². The first-order valence-electron chi connectivity index (χ1n) is 12.8. The van der Waals surface area contributed by atoms with Crippen molar-refractivity contribution in [2.24, 2.45) is 39.9 Å². The molecular weight excluding hydrogens is 388 g/mol. The number of rotatable bonds is 4. The standard InChI is InChI=1S/C26H40N2O3/c1-16-13-27-28(14-16)15-22(30)21-7-6-19-20-5-4-17-12-18(29)8-9-25(17)23(31-3)26(20,25)11-10-24(19,21)2/h13,17-21,23,27,29H,4-12,14-15H2,1-3H3/t17-,18+,19-,20-,21+,23?,24-,25-,26?/m0/s1. The van der Waals surface area contributed by atoms with Crippen LogP contribution in [0.15, 0.2) is 11.8 Å². The molecule has 0 saturated heterocycles. The molecular formula is C26H40N2O3. The third kappa shape index (κ3) is 2.52. The smallest absolute Gasteiger partial charge is 0.152 e. The summed E-state index contributed by atoms with van der Waals surface area (Å²) in [6, 6.07) is 0. The van der Waals surface area contributed by atoms with E-state index in [-0.39, 0.29) is 17.4 Å². The first-order valence-corrected chi connectivity index (χ1v) is 12.8. The molecule has 2 unspecified atom stereocenters. The lowest BCUT2D eigenvalue weighted by Gasteiger charge is -2.55. The summed E-state index contributed by atoms with van der Waals surface area (Å²) in [6.07, 6.45) is 12.6. The van der Waals surface area contributed by atoms with Crippen molar-refractivity contribution in [3.63, 3.8) is 0 Å². The molecule has 5 aliphatic carbocycles. The van der Waals surface area contributed by atoms with Gasteiger partial charge in [-0.3, -0.25) is 4.79 Å². The van der Waals surface area contributed by atoms with E-state index < -0.39 is 0 Å². The second kappa shape index (κ2) is 6.80. The third-order valence-electron chi connectivity index (χ3n) is 11.3. The summed E-state index contributed by atoms with van der Waals surface area (Å²) in [5, 5.41) is 12.4. The first kappa shape index (κ1) is 20.7. The minimum Gasteiger partial charge on any atom is -0.393 e. The Hall–Kier alpha value is -0.910. The van der Waals surface area contributed by atoms with Crippen molar-refractivity contribution in [2.75, 3.05) is 20.2 Å². The number of ketones is 1. The molecule has 5 heteroatoms. The van der Waals surface area contributed by atoms with Crippen LogP contribution >= 0.6 is 0 Å². The lowest BCUT2D eigenvalue weighted by atomic mass is 9.49. The lowest BCUT2D eigenvalue weighted by molar-refractivity contribution is -0.132. The van der Waals surface area contributed by atoms with Crippen LogP contribution in [0.25, 0.3) is 0 Å². The molecule has 1 heterocycles. The Balaban J connectivity index is 1.24. The fourth-order valence-electron chi connectivity index (χ4n) is 10.2. The highest BCUT2D eigenvalue weighted by Crippen LogP contribution is 2.85. The number of hydrazine groups is 1. The Kier molecular flexibility index (Phi) is 4.54. The highest BCUT2D eigenvalue weighted by molar-refractivity contribution is 5.84. The molecule has 1 aliphatic heterocycles. The summed E-state index contributed by atoms with van der Waals surface area (Å²) in [6.45, 7) is 5.95. The van der Waals surface area contributed by atoms with Crippen molar-refractivity contribution in [1.29, 1.82) is 0 Å². The molecule has 0 aromatic carbocycles. The van der Waals surface area contributed by atoms with E-state index in [9.17, 15) is 9.90 Å². The van der Waals surface area contributed by atoms with Crippen LogP contribution < -0.4 is 5.43 Å². The van der Waals surface area contributed by atoms with E-state index >= 15 is 0 Å². The fraction of sp³-hybridized carbons (Fsp3) is 0.885. The number of methoxy groups -OCH3 is 1. The van der Waals surface area contributed by atoms with Crippen molar-refractivity contribution < 1.29 is 14.6 Å². The summed E-state index contributed by atoms with van der Waals surface area (Å²) < 4.78 is 6.25. The molecule has 0 bridgehead atoms. The van der Waals surface area contributed by atoms with Crippen molar-refractivity contribution in [1.82, 2.24) is 10.4 Å². The van der Waals surface area contributed by atoms with E-state index in [0.29, 0.717) is 47.0 Å². The van der Waals surface area contributed by atoms with Gasteiger partial charge in [0.05, 0.1) is 18.8 Å². The van der Waals surface area contributed by atoms with Crippen LogP contribution in [0, 0.1) is 39.9 Å². The molecule has 31 heavy (non-hydrogen) atoms. The molecule has 5 saturated carbocycles. The highest BCUT2D eigenvalue weighted by Gasteiger charge is 2.85. The Labute approximate surface area is 186 Å². The molecule has 2 N–H and O–H groups in total. The maximum atomic E-state index is 13.4. The zero-order valence-electron chi connectivity index (χ0n) is 19.5. The molecule has 5 nitrogen and oxygen atoms in total. The second-order valence-corrected chi connectivity index (χ2v) is 12.2. The molecule has 172 valence electrons. The Morgan fingerprint density at radius 1 is 1.16 bits per heavy atom. The predicted molar refractivity (Wildman–Crippen MR) is 119 cm³/mol. The number of carbonyl (C=O) groups is 1. The van der Waals surface area contributed by atoms with Crippen molar-refractivity contribution >= 4 is 5.78 Å². The van der Waals surface area contributed by atoms with E-state index in [2.05, 4.69) is 24.3 Å². The van der Waals surface area contributed by atoms with Gasteiger partial charge in [0.1, 0.15) is 0 Å². The van der Waals surface area contributed by atoms with Gasteiger partial charge in [-0.2, -0.15) is 0 Å². The molecule has 9 atom stereocenters. The largest absolute Gasteiger partial charge is 0.393 e. The van der Waals surface area contributed by atoms with Crippen molar-refractivity contribution in [2.45, 2.75) is 83.8 Å². The van der Waals surface area contributed by atoms with Crippen LogP contribution in [0.4, 0.5) is 0 Å². The maximum absolute atomic E-state index is 13.4. The fourth-order valence-corrected chi connectivity index (χ4v) is 10.2. The number of ether oxygens (including phenoxy) is 1. The monoisotopic (exact) mass is 428 g/mol. The molecule has 0 radical (unpaired) electrons. The summed E-state index contributed by atoms with van der Waals surface area (Å²) in [5.74, 6) is 2.65. The van der Waals surface area contributed by atoms with Gasteiger partial charge >= 0.3 is 0 Å². The molecule has 2 spiro atoms. The Bertz CT molecular complexity index is 812.